The third-order valence-electron chi connectivity index (χ3n) is 5.92. The van der Waals surface area contributed by atoms with Crippen molar-refractivity contribution in [2.45, 2.75) is 38.6 Å². The lowest BCUT2D eigenvalue weighted by Gasteiger charge is -2.50. The molecular weight excluding hydrogens is 338 g/mol. The zero-order chi connectivity index (χ0) is 18.9. The van der Waals surface area contributed by atoms with Gasteiger partial charge in [0.25, 0.3) is 5.91 Å². The monoisotopic (exact) mass is 365 g/mol. The number of allylic oxidation sites excluding steroid dienone is 1. The van der Waals surface area contributed by atoms with Gasteiger partial charge in [0.2, 0.25) is 0 Å². The molecule has 0 atom stereocenters. The summed E-state index contributed by atoms with van der Waals surface area (Å²) in [6.07, 6.45) is 10.3. The number of pyridine rings is 1. The van der Waals surface area contributed by atoms with Crippen LogP contribution in [0.5, 0.6) is 0 Å². The van der Waals surface area contributed by atoms with Gasteiger partial charge in [-0.25, -0.2) is 4.98 Å². The predicted octanol–water partition coefficient (Wildman–Crippen LogP) is 2.76. The van der Waals surface area contributed by atoms with E-state index in [0.29, 0.717) is 5.56 Å². The normalized spacial score (nSPS) is 19.0. The number of hydrogen-bond acceptors (Lipinski definition) is 4. The molecule has 1 saturated heterocycles. The molecule has 1 spiro atoms. The highest BCUT2D eigenvalue weighted by atomic mass is 16.2. The molecule has 0 unspecified atom stereocenters. The molecule has 0 bridgehead atoms. The zero-order valence-electron chi connectivity index (χ0n) is 16.1. The first-order valence-corrected chi connectivity index (χ1v) is 9.70. The number of imidazole rings is 1. The van der Waals surface area contributed by atoms with Crippen LogP contribution in [-0.4, -0.2) is 56.8 Å². The molecule has 4 heterocycles. The highest BCUT2D eigenvalue weighted by molar-refractivity contribution is 5.94. The van der Waals surface area contributed by atoms with E-state index in [0.717, 1.165) is 45.4 Å². The molecule has 4 rings (SSSR count). The molecule has 2 aromatic rings. The summed E-state index contributed by atoms with van der Waals surface area (Å²) in [5, 5.41) is 0. The molecule has 0 aliphatic carbocycles. The Morgan fingerprint density at radius 1 is 1.22 bits per heavy atom. The number of fused-ring (bicyclic) bond motifs is 2. The van der Waals surface area contributed by atoms with Gasteiger partial charge in [0.15, 0.2) is 0 Å². The molecule has 27 heavy (non-hydrogen) atoms. The first kappa shape index (κ1) is 17.9. The van der Waals surface area contributed by atoms with Crippen molar-refractivity contribution in [2.75, 3.05) is 26.2 Å². The molecule has 2 aliphatic heterocycles. The van der Waals surface area contributed by atoms with Crippen molar-refractivity contribution in [3.63, 3.8) is 0 Å². The maximum atomic E-state index is 12.8. The van der Waals surface area contributed by atoms with Crippen LogP contribution < -0.4 is 0 Å². The van der Waals surface area contributed by atoms with Crippen molar-refractivity contribution in [3.05, 3.63) is 59.5 Å². The largest absolute Gasteiger partial charge is 0.348 e. The number of nitrogens with zero attached hydrogens (tertiary/aromatic N) is 4. The minimum absolute atomic E-state index is 0.0748. The Balaban J connectivity index is 1.56. The Morgan fingerprint density at radius 3 is 2.67 bits per heavy atom. The lowest BCUT2D eigenvalue weighted by Crippen LogP contribution is -2.57. The summed E-state index contributed by atoms with van der Waals surface area (Å²) in [7, 11) is 0. The number of aromatic amines is 1. The SMILES string of the molecule is CC(C)=CCN1CCc2[nH]cnc2C12CCN(C(=O)c1ccncc1)CC2. The van der Waals surface area contributed by atoms with E-state index in [-0.39, 0.29) is 11.4 Å². The van der Waals surface area contributed by atoms with Gasteiger partial charge < -0.3 is 9.88 Å². The molecule has 6 heteroatoms. The van der Waals surface area contributed by atoms with Crippen LogP contribution in [0, 0.1) is 0 Å². The second kappa shape index (κ2) is 7.27. The molecular formula is C21H27N5O. The van der Waals surface area contributed by atoms with Crippen molar-refractivity contribution < 1.29 is 4.79 Å². The summed E-state index contributed by atoms with van der Waals surface area (Å²) in [6.45, 7) is 7.75. The molecule has 0 aromatic carbocycles. The topological polar surface area (TPSA) is 65.1 Å². The van der Waals surface area contributed by atoms with Crippen LogP contribution in [0.2, 0.25) is 0 Å². The lowest BCUT2D eigenvalue weighted by molar-refractivity contribution is 0.0139. The van der Waals surface area contributed by atoms with Gasteiger partial charge in [-0.2, -0.15) is 0 Å². The maximum absolute atomic E-state index is 12.8. The number of rotatable bonds is 3. The molecule has 2 aromatic heterocycles. The third kappa shape index (κ3) is 3.30. The van der Waals surface area contributed by atoms with Crippen LogP contribution in [0.25, 0.3) is 0 Å². The molecule has 142 valence electrons. The Kier molecular flexibility index (Phi) is 4.83. The molecule has 0 saturated carbocycles. The highest BCUT2D eigenvalue weighted by Crippen LogP contribution is 2.42. The second-order valence-corrected chi connectivity index (χ2v) is 7.77. The van der Waals surface area contributed by atoms with Gasteiger partial charge in [0.05, 0.1) is 17.6 Å². The highest BCUT2D eigenvalue weighted by Gasteiger charge is 2.46. The van der Waals surface area contributed by atoms with E-state index < -0.39 is 0 Å². The number of aromatic nitrogens is 3. The first-order chi connectivity index (χ1) is 13.1. The Hall–Kier alpha value is -2.47. The Morgan fingerprint density at radius 2 is 1.96 bits per heavy atom. The van der Waals surface area contributed by atoms with Gasteiger partial charge >= 0.3 is 0 Å². The molecule has 0 radical (unpaired) electrons. The lowest BCUT2D eigenvalue weighted by atomic mass is 9.78. The van der Waals surface area contributed by atoms with Gasteiger partial charge in [0.1, 0.15) is 0 Å². The number of carbonyl (C=O) groups is 1. The van der Waals surface area contributed by atoms with Crippen LogP contribution >= 0.6 is 0 Å². The molecule has 1 N–H and O–H groups in total. The van der Waals surface area contributed by atoms with Gasteiger partial charge in [0, 0.05) is 56.3 Å². The van der Waals surface area contributed by atoms with E-state index in [1.54, 1.807) is 24.5 Å². The average molecular weight is 365 g/mol. The predicted molar refractivity (Wildman–Crippen MR) is 104 cm³/mol. The second-order valence-electron chi connectivity index (χ2n) is 7.77. The minimum atomic E-state index is -0.0748. The number of H-pyrrole nitrogens is 1. The van der Waals surface area contributed by atoms with E-state index in [4.69, 9.17) is 4.98 Å². The van der Waals surface area contributed by atoms with Crippen LogP contribution in [0.1, 0.15) is 48.4 Å². The van der Waals surface area contributed by atoms with Gasteiger partial charge in [-0.3, -0.25) is 14.7 Å². The summed E-state index contributed by atoms with van der Waals surface area (Å²) in [6, 6.07) is 3.58. The van der Waals surface area contributed by atoms with Crippen molar-refractivity contribution >= 4 is 5.91 Å². The average Bonchev–Trinajstić information content (AvgIpc) is 3.18. The van der Waals surface area contributed by atoms with E-state index in [2.05, 4.69) is 34.8 Å². The molecule has 2 aliphatic rings. The fourth-order valence-corrected chi connectivity index (χ4v) is 4.39. The third-order valence-corrected chi connectivity index (χ3v) is 5.92. The quantitative estimate of drug-likeness (QED) is 0.850. The van der Waals surface area contributed by atoms with Gasteiger partial charge in [-0.1, -0.05) is 11.6 Å². The van der Waals surface area contributed by atoms with E-state index in [9.17, 15) is 4.79 Å². The number of likely N-dealkylation sites (tertiary alicyclic amines) is 1. The number of hydrogen-bond donors (Lipinski definition) is 1. The smallest absolute Gasteiger partial charge is 0.253 e. The summed E-state index contributed by atoms with van der Waals surface area (Å²) in [4.78, 5) is 29.4. The fourth-order valence-electron chi connectivity index (χ4n) is 4.39. The summed E-state index contributed by atoms with van der Waals surface area (Å²) in [5.74, 6) is 0.0983. The van der Waals surface area contributed by atoms with Gasteiger partial charge in [-0.15, -0.1) is 0 Å². The van der Waals surface area contributed by atoms with E-state index >= 15 is 0 Å². The van der Waals surface area contributed by atoms with Crippen molar-refractivity contribution in [1.29, 1.82) is 0 Å². The molecule has 1 fully saturated rings. The molecule has 1 amide bonds. The van der Waals surface area contributed by atoms with Crippen LogP contribution in [0.3, 0.4) is 0 Å². The van der Waals surface area contributed by atoms with Crippen LogP contribution in [0.15, 0.2) is 42.5 Å². The Bertz CT molecular complexity index is 829. The maximum Gasteiger partial charge on any atom is 0.253 e. The van der Waals surface area contributed by atoms with E-state index in [1.165, 1.54) is 17.0 Å². The number of carbonyl (C=O) groups excluding carboxylic acids is 1. The first-order valence-electron chi connectivity index (χ1n) is 9.70. The number of nitrogens with one attached hydrogen (secondary N) is 1. The standard InChI is InChI=1S/C21H27N5O/c1-16(2)5-11-26-12-6-18-19(24-15-23-18)21(26)7-13-25(14-8-21)20(27)17-3-9-22-10-4-17/h3-5,9-10,15H,6-8,11-14H2,1-2H3,(H,23,24). The van der Waals surface area contributed by atoms with Crippen molar-refractivity contribution in [3.8, 4) is 0 Å². The summed E-state index contributed by atoms with van der Waals surface area (Å²) in [5.41, 5.74) is 4.42. The zero-order valence-corrected chi connectivity index (χ0v) is 16.1. The van der Waals surface area contributed by atoms with Crippen LogP contribution in [0.4, 0.5) is 0 Å². The van der Waals surface area contributed by atoms with Gasteiger partial charge in [-0.05, 0) is 38.8 Å². The summed E-state index contributed by atoms with van der Waals surface area (Å²) < 4.78 is 0. The van der Waals surface area contributed by atoms with E-state index in [1.807, 2.05) is 11.2 Å². The number of piperidine rings is 1. The van der Waals surface area contributed by atoms with Crippen LogP contribution in [-0.2, 0) is 12.0 Å². The van der Waals surface area contributed by atoms with Crippen molar-refractivity contribution in [2.24, 2.45) is 0 Å². The fraction of sp³-hybridized carbons (Fsp3) is 0.476. The summed E-state index contributed by atoms with van der Waals surface area (Å²) >= 11 is 0. The molecule has 6 nitrogen and oxygen atoms in total. The Labute approximate surface area is 160 Å². The number of amides is 1. The van der Waals surface area contributed by atoms with Crippen molar-refractivity contribution in [1.82, 2.24) is 24.8 Å². The minimum Gasteiger partial charge on any atom is -0.348 e.